The van der Waals surface area contributed by atoms with Crippen molar-refractivity contribution in [2.75, 3.05) is 26.4 Å². The van der Waals surface area contributed by atoms with Crippen LogP contribution in [0.3, 0.4) is 0 Å². The first-order valence-corrected chi connectivity index (χ1v) is 54.9. The molecule has 6 unspecified atom stereocenters. The highest BCUT2D eigenvalue weighted by Gasteiger charge is 2.35. The number of ether oxygens (including phenoxy) is 7. The van der Waals surface area contributed by atoms with Gasteiger partial charge in [-0.15, -0.1) is 20.4 Å². The Labute approximate surface area is 842 Å². The van der Waals surface area contributed by atoms with Gasteiger partial charge in [-0.1, -0.05) is 271 Å². The van der Waals surface area contributed by atoms with Gasteiger partial charge in [0, 0.05) is 34.4 Å². The van der Waals surface area contributed by atoms with Gasteiger partial charge in [0.25, 0.3) is 22.5 Å². The van der Waals surface area contributed by atoms with E-state index in [1.807, 2.05) is 94.4 Å². The van der Waals surface area contributed by atoms with Crippen LogP contribution in [0.25, 0.3) is 11.3 Å². The molecule has 0 saturated carbocycles. The molecule has 0 amide bonds. The van der Waals surface area contributed by atoms with Crippen molar-refractivity contribution in [3.63, 3.8) is 0 Å². The smallest absolute Gasteiger partial charge is 0.347 e. The van der Waals surface area contributed by atoms with Crippen LogP contribution in [-0.2, 0) is 89.5 Å². The Bertz CT molecular complexity index is 6010. The minimum Gasteiger partial charge on any atom is -0.508 e. The van der Waals surface area contributed by atoms with E-state index < -0.39 is 78.4 Å². The summed E-state index contributed by atoms with van der Waals surface area (Å²) in [6.07, 6.45) is 17.7. The molecular formula is C109H154N10O18S4. The molecule has 28 nitrogen and oxygen atoms in total. The van der Waals surface area contributed by atoms with E-state index in [-0.39, 0.29) is 107 Å². The Hall–Kier alpha value is -10.6. The van der Waals surface area contributed by atoms with E-state index in [9.17, 15) is 39.9 Å². The Morgan fingerprint density at radius 3 is 1.09 bits per heavy atom. The molecule has 0 saturated heterocycles. The lowest BCUT2D eigenvalue weighted by Gasteiger charge is -2.33. The molecule has 5 N–H and O–H groups in total. The van der Waals surface area contributed by atoms with Crippen LogP contribution < -0.4 is 41.5 Å². The molecule has 6 atom stereocenters. The molecule has 0 aliphatic carbocycles. The zero-order valence-corrected chi connectivity index (χ0v) is 90.2. The molecule has 7 aromatic carbocycles. The second-order valence-electron chi connectivity index (χ2n) is 41.7. The lowest BCUT2D eigenvalue weighted by Crippen LogP contribution is -2.31. The summed E-state index contributed by atoms with van der Waals surface area (Å²) >= 11 is -4.17. The van der Waals surface area contributed by atoms with Crippen LogP contribution >= 0.6 is 0 Å². The van der Waals surface area contributed by atoms with Crippen molar-refractivity contribution < 1.29 is 81.5 Å². The first-order chi connectivity index (χ1) is 66.7. The summed E-state index contributed by atoms with van der Waals surface area (Å²) < 4.78 is 145. The number of aromatic amines is 2. The number of phenols is 1. The maximum atomic E-state index is 14.0. The number of hydrogen-bond acceptors (Lipinski definition) is 22. The Kier molecular flexibility index (Phi) is 42.5. The lowest BCUT2D eigenvalue weighted by molar-refractivity contribution is -0.153. The van der Waals surface area contributed by atoms with Gasteiger partial charge in [0.15, 0.2) is 58.1 Å². The Balaban J connectivity index is 0.000000311. The van der Waals surface area contributed by atoms with Gasteiger partial charge in [0.1, 0.15) is 56.0 Å². The van der Waals surface area contributed by atoms with Gasteiger partial charge >= 0.3 is 11.9 Å². The summed E-state index contributed by atoms with van der Waals surface area (Å²) in [5, 5.41) is 33.7. The van der Waals surface area contributed by atoms with Gasteiger partial charge in [0.2, 0.25) is 19.7 Å². The first-order valence-electron chi connectivity index (χ1n) is 49.8. The van der Waals surface area contributed by atoms with Crippen LogP contribution in [0.1, 0.15) is 333 Å². The quantitative estimate of drug-likeness (QED) is 0.0175. The molecule has 11 aromatic rings. The molecule has 0 aliphatic heterocycles. The molecule has 0 fully saturated rings. The van der Waals surface area contributed by atoms with Gasteiger partial charge in [-0.25, -0.2) is 35.5 Å². The number of aromatic hydroxyl groups is 1. The molecule has 32 heteroatoms. The largest absolute Gasteiger partial charge is 0.508 e. The summed E-state index contributed by atoms with van der Waals surface area (Å²) in [5.41, 5.74) is 5.34. The number of nitrogens with one attached hydrogen (secondary N) is 4. The van der Waals surface area contributed by atoms with E-state index in [2.05, 4.69) is 165 Å². The molecule has 0 radical (unpaired) electrons. The minimum atomic E-state index is -3.81. The molecule has 141 heavy (non-hydrogen) atoms. The summed E-state index contributed by atoms with van der Waals surface area (Å²) in [6, 6.07) is 47.5. The molecule has 4 heterocycles. The summed E-state index contributed by atoms with van der Waals surface area (Å²) in [5.74, 6) is 2.17. The van der Waals surface area contributed by atoms with E-state index >= 15 is 0 Å². The number of benzene rings is 7. The number of nitrogens with zero attached hydrogens (tertiary/aromatic N) is 6. The SMILES string of the molecule is CC.CCCCCCCCCCC(Oc1ccc(C(C)(C)CC(C)(C)C)cc1OS(=O)NC(C)c1nnc2cc(C(C)(C)C)[nH]n12)C(=O)OCCOc1ccc(S(=O)(=O)c2ccc(O)cc2)cc1.CCCCCCCCCCC(Oc1ccc(C(C)(C)CC(C)(C)C)cc1OS(=O)NC(C)c1nnc2cc(C(C)(C)C)[nH]n12)C(=O)OCCOc1ccc(S(=O)(=O)c2ccc(OCc3ccccc3)cc2)cc1. The van der Waals surface area contributed by atoms with Crippen molar-refractivity contribution in [3.8, 4) is 46.0 Å². The fourth-order valence-corrected chi connectivity index (χ4v) is 20.8. The van der Waals surface area contributed by atoms with Crippen LogP contribution in [0.5, 0.6) is 46.0 Å². The highest BCUT2D eigenvalue weighted by Crippen LogP contribution is 2.44. The standard InChI is InChI=1S/C57H77N5O9S2.C50H71N5O9S2.C2H6/c1-11-12-13-14-15-16-17-21-24-49(54(63)68-36-35-67-44-26-30-46(31-27-44)73(65,66)47-32-28-45(29-33-47)69-39-42-22-19-18-20-23-42)70-48-34-25-43(57(9,10)40-55(3,4)5)37-50(48)71-72(64)61-41(2)53-59-58-52-38-51(56(6,7)8)60-62(52)53;1-11-12-13-14-15-16-17-18-19-42(47(57)62-31-30-61-38-23-27-40(28-24-38)66(59,60)39-25-21-37(56)22-26-39)63-41-29-20-36(50(9,10)34-48(3,4)5)32-43(41)64-65(58)54-35(2)46-52-51-45-33-44(49(6,7)8)53-55(45)46;1-2/h18-20,22-23,25-34,37-38,41,49,60-61H,11-17,21,24,35-36,39-40H2,1-10H3;20-29,32-33,35,42,53-54,56H,11-19,30-31,34H2,1-10H3;1-2H3. The van der Waals surface area contributed by atoms with Crippen LogP contribution in [0, 0.1) is 10.8 Å². The second-order valence-corrected chi connectivity index (χ2v) is 47.3. The van der Waals surface area contributed by atoms with Crippen LogP contribution in [0.4, 0.5) is 0 Å². The van der Waals surface area contributed by atoms with Gasteiger partial charge in [0.05, 0.1) is 31.7 Å². The number of carbonyl (C=O) groups excluding carboxylic acids is 2. The Morgan fingerprint density at radius 1 is 0.411 bits per heavy atom. The van der Waals surface area contributed by atoms with Crippen molar-refractivity contribution in [2.45, 2.75) is 353 Å². The van der Waals surface area contributed by atoms with E-state index in [0.29, 0.717) is 59.6 Å². The minimum absolute atomic E-state index is 0.00733. The number of unbranched alkanes of at least 4 members (excludes halogenated alkanes) is 14. The number of carbonyl (C=O) groups is 2. The number of hydrogen-bond donors (Lipinski definition) is 5. The number of rotatable bonds is 53. The average molecular weight is 2020 g/mol. The van der Waals surface area contributed by atoms with E-state index in [1.54, 1.807) is 45.4 Å². The van der Waals surface area contributed by atoms with Crippen molar-refractivity contribution in [2.24, 2.45) is 10.8 Å². The maximum Gasteiger partial charge on any atom is 0.347 e. The third-order valence-electron chi connectivity index (χ3n) is 23.8. The molecule has 0 spiro atoms. The molecule has 772 valence electrons. The average Bonchev–Trinajstić information content (AvgIpc) is 1.64. The van der Waals surface area contributed by atoms with Crippen LogP contribution in [-0.4, -0.2) is 121 Å². The monoisotopic (exact) mass is 2020 g/mol. The van der Waals surface area contributed by atoms with Gasteiger partial charge in [-0.3, -0.25) is 10.2 Å². The zero-order chi connectivity index (χ0) is 103. The molecule has 4 aromatic heterocycles. The fourth-order valence-electron chi connectivity index (χ4n) is 16.8. The maximum absolute atomic E-state index is 14.0. The third-order valence-corrected chi connectivity index (χ3v) is 29.1. The number of sulfone groups is 2. The van der Waals surface area contributed by atoms with Gasteiger partial charge < -0.3 is 46.6 Å². The summed E-state index contributed by atoms with van der Waals surface area (Å²) in [4.78, 5) is 28.2. The molecule has 11 rings (SSSR count). The predicted molar refractivity (Wildman–Crippen MR) is 556 cm³/mol. The summed E-state index contributed by atoms with van der Waals surface area (Å²) in [7, 11) is -7.61. The van der Waals surface area contributed by atoms with Crippen LogP contribution in [0.2, 0.25) is 0 Å². The Morgan fingerprint density at radius 2 is 0.745 bits per heavy atom. The van der Waals surface area contributed by atoms with Crippen molar-refractivity contribution in [3.05, 3.63) is 216 Å². The molecule has 0 bridgehead atoms. The topological polar surface area (TPSA) is 356 Å². The van der Waals surface area contributed by atoms with Crippen molar-refractivity contribution in [1.29, 1.82) is 0 Å². The molecular weight excluding hydrogens is 1870 g/mol. The van der Waals surface area contributed by atoms with Gasteiger partial charge in [-0.05, 0) is 212 Å². The normalized spacial score (nSPS) is 13.6. The first kappa shape index (κ1) is 114. The highest BCUT2D eigenvalue weighted by molar-refractivity contribution is 7.91. The van der Waals surface area contributed by atoms with Crippen molar-refractivity contribution in [1.82, 2.24) is 49.1 Å². The zero-order valence-electron chi connectivity index (χ0n) is 86.9. The van der Waals surface area contributed by atoms with Crippen LogP contribution in [0.15, 0.2) is 196 Å². The lowest BCUT2D eigenvalue weighted by atomic mass is 9.72. The van der Waals surface area contributed by atoms with Gasteiger partial charge in [-0.2, -0.15) is 17.9 Å². The fraction of sp³-hybridized carbons (Fsp3) is 0.523. The van der Waals surface area contributed by atoms with E-state index in [0.717, 1.165) is 92.3 Å². The predicted octanol–water partition coefficient (Wildman–Crippen LogP) is 24.5. The summed E-state index contributed by atoms with van der Waals surface area (Å²) in [6.45, 7) is 46.7. The third kappa shape index (κ3) is 35.1. The number of fused-ring (bicyclic) bond motifs is 2. The molecule has 0 aliphatic rings. The highest BCUT2D eigenvalue weighted by atomic mass is 32.2. The second kappa shape index (κ2) is 52.6. The number of esters is 2. The number of phenolic OH excluding ortho intramolecular Hbond substituents is 1. The van der Waals surface area contributed by atoms with E-state index in [4.69, 9.17) is 41.5 Å². The van der Waals surface area contributed by atoms with E-state index in [1.165, 1.54) is 124 Å². The van der Waals surface area contributed by atoms with Crippen molar-refractivity contribution >= 4 is 65.4 Å². The number of aromatic nitrogens is 8. The number of H-pyrrole nitrogens is 2.